The van der Waals surface area contributed by atoms with E-state index < -0.39 is 17.3 Å². The van der Waals surface area contributed by atoms with Gasteiger partial charge >= 0.3 is 11.3 Å². The second-order valence-corrected chi connectivity index (χ2v) is 7.68. The Morgan fingerprint density at radius 1 is 1.23 bits per heavy atom. The molecule has 0 N–H and O–H groups in total. The highest BCUT2D eigenvalue weighted by Gasteiger charge is 2.26. The molecule has 0 amide bonds. The number of aromatic nitrogens is 3. The summed E-state index contributed by atoms with van der Waals surface area (Å²) in [5.74, 6) is 0.879. The van der Waals surface area contributed by atoms with E-state index in [1.165, 1.54) is 18.8 Å². The first-order valence-electron chi connectivity index (χ1n) is 8.88. The Bertz CT molecular complexity index is 1040. The Morgan fingerprint density at radius 2 is 2.03 bits per heavy atom. The van der Waals surface area contributed by atoms with Gasteiger partial charge in [0.15, 0.2) is 24.0 Å². The molecule has 2 heterocycles. The molecule has 1 aromatic carbocycles. The molecule has 11 heteroatoms. The van der Waals surface area contributed by atoms with Crippen LogP contribution in [0, 0.1) is 0 Å². The molecule has 0 spiro atoms. The number of ether oxygens (including phenoxy) is 4. The number of hydrogen-bond acceptors (Lipinski definition) is 8. The Balaban J connectivity index is 1.96. The van der Waals surface area contributed by atoms with Crippen molar-refractivity contribution in [3.05, 3.63) is 41.2 Å². The van der Waals surface area contributed by atoms with E-state index in [1.54, 1.807) is 37.4 Å². The number of carbonyl (C=O) groups excluding carboxylic acids is 1. The molecular formula is C19H20ClN3O6S. The third-order valence-corrected chi connectivity index (χ3v) is 5.58. The van der Waals surface area contributed by atoms with Crippen molar-refractivity contribution in [3.63, 3.8) is 0 Å². The zero-order valence-corrected chi connectivity index (χ0v) is 18.2. The smallest absolute Gasteiger partial charge is 0.510 e. The van der Waals surface area contributed by atoms with Crippen molar-refractivity contribution in [2.75, 3.05) is 20.8 Å². The predicted octanol–water partition coefficient (Wildman–Crippen LogP) is 3.54. The number of rotatable bonds is 8. The van der Waals surface area contributed by atoms with E-state index in [0.29, 0.717) is 33.2 Å². The van der Waals surface area contributed by atoms with E-state index in [0.717, 1.165) is 0 Å². The Kier molecular flexibility index (Phi) is 7.24. The molecule has 0 aliphatic carbocycles. The van der Waals surface area contributed by atoms with Crippen LogP contribution in [-0.2, 0) is 33.1 Å². The van der Waals surface area contributed by atoms with Crippen LogP contribution in [0.5, 0.6) is 11.5 Å². The summed E-state index contributed by atoms with van der Waals surface area (Å²) in [5.41, 5.74) is 1.57. The molecule has 0 bridgehead atoms. The lowest BCUT2D eigenvalue weighted by molar-refractivity contribution is 0.0357. The summed E-state index contributed by atoms with van der Waals surface area (Å²) in [7, 11) is 2.99. The number of nitrogens with zero attached hydrogens (tertiary/aromatic N) is 3. The van der Waals surface area contributed by atoms with Gasteiger partial charge < -0.3 is 23.5 Å². The van der Waals surface area contributed by atoms with Crippen LogP contribution in [0.4, 0.5) is 4.79 Å². The minimum Gasteiger partial charge on any atom is -0.609 e. The van der Waals surface area contributed by atoms with Gasteiger partial charge in [-0.2, -0.15) is 4.98 Å². The van der Waals surface area contributed by atoms with Crippen molar-refractivity contribution >= 4 is 40.0 Å². The highest BCUT2D eigenvalue weighted by atomic mass is 35.5. The lowest BCUT2D eigenvalue weighted by atomic mass is 10.3. The second-order valence-electron chi connectivity index (χ2n) is 5.89. The molecule has 0 saturated heterocycles. The molecular weight excluding hydrogens is 434 g/mol. The van der Waals surface area contributed by atoms with Crippen LogP contribution >= 0.6 is 11.6 Å². The highest BCUT2D eigenvalue weighted by Crippen LogP contribution is 2.32. The summed E-state index contributed by atoms with van der Waals surface area (Å²) in [6.45, 7) is 1.63. The molecule has 30 heavy (non-hydrogen) atoms. The monoisotopic (exact) mass is 453 g/mol. The van der Waals surface area contributed by atoms with Gasteiger partial charge in [0, 0.05) is 28.5 Å². The van der Waals surface area contributed by atoms with Gasteiger partial charge in [0.25, 0.3) is 0 Å². The van der Waals surface area contributed by atoms with Crippen LogP contribution in [0.2, 0.25) is 5.02 Å². The minimum absolute atomic E-state index is 0.0107. The van der Waals surface area contributed by atoms with Crippen LogP contribution in [0.15, 0.2) is 35.6 Å². The maximum absolute atomic E-state index is 13.2. The van der Waals surface area contributed by atoms with E-state index in [1.807, 2.05) is 0 Å². The van der Waals surface area contributed by atoms with Crippen LogP contribution in [-0.4, -0.2) is 46.1 Å². The van der Waals surface area contributed by atoms with Crippen molar-refractivity contribution in [3.8, 4) is 11.5 Å². The summed E-state index contributed by atoms with van der Waals surface area (Å²) >= 11 is 4.41. The summed E-state index contributed by atoms with van der Waals surface area (Å²) in [4.78, 5) is 20.3. The van der Waals surface area contributed by atoms with Crippen molar-refractivity contribution < 1.29 is 28.3 Å². The zero-order valence-electron chi connectivity index (χ0n) is 16.6. The number of hydrogen-bond donors (Lipinski definition) is 0. The molecule has 0 radical (unpaired) electrons. The Morgan fingerprint density at radius 3 is 2.73 bits per heavy atom. The van der Waals surface area contributed by atoms with E-state index >= 15 is 0 Å². The average molecular weight is 454 g/mol. The maximum atomic E-state index is 13.2. The van der Waals surface area contributed by atoms with Crippen molar-refractivity contribution in [1.82, 2.24) is 14.5 Å². The number of fused-ring (bicyclic) bond motifs is 1. The standard InChI is InChI=1S/C19H20ClN3O6S/c1-4-28-19(24)29-11-23-15-6-5-12(20)9-13(15)22-18(23)30(25)10-14-17(27-3)16(26-2)7-8-21-14/h5-9H,4,10-11H2,1-3H3. The lowest BCUT2D eigenvalue weighted by Crippen LogP contribution is -2.17. The van der Waals surface area contributed by atoms with Gasteiger partial charge in [-0.1, -0.05) is 11.6 Å². The molecule has 3 aromatic rings. The van der Waals surface area contributed by atoms with Gasteiger partial charge in [-0.25, -0.2) is 9.36 Å². The fourth-order valence-corrected chi connectivity index (χ4v) is 4.14. The van der Waals surface area contributed by atoms with Crippen molar-refractivity contribution in [2.45, 2.75) is 24.6 Å². The lowest BCUT2D eigenvalue weighted by Gasteiger charge is -2.14. The summed E-state index contributed by atoms with van der Waals surface area (Å²) in [6, 6.07) is 6.68. The quantitative estimate of drug-likeness (QED) is 0.376. The maximum Gasteiger partial charge on any atom is 0.510 e. The van der Waals surface area contributed by atoms with Crippen molar-refractivity contribution in [2.24, 2.45) is 0 Å². The predicted molar refractivity (Wildman–Crippen MR) is 110 cm³/mol. The van der Waals surface area contributed by atoms with Gasteiger partial charge in [0.1, 0.15) is 5.69 Å². The SMILES string of the molecule is CCOC(=O)OCn1c([S+]([O-])Cc2nccc(OC)c2OC)nc2cc(Cl)ccc21. The Hall–Kier alpha value is -2.69. The average Bonchev–Trinajstić information content (AvgIpc) is 3.09. The van der Waals surface area contributed by atoms with Gasteiger partial charge in [0.2, 0.25) is 0 Å². The molecule has 9 nitrogen and oxygen atoms in total. The van der Waals surface area contributed by atoms with Crippen LogP contribution in [0.1, 0.15) is 12.6 Å². The topological polar surface area (TPSA) is 108 Å². The first-order valence-corrected chi connectivity index (χ1v) is 10.6. The Labute approximate surface area is 181 Å². The first kappa shape index (κ1) is 22.0. The summed E-state index contributed by atoms with van der Waals surface area (Å²) < 4.78 is 35.3. The fourth-order valence-electron chi connectivity index (χ4n) is 2.80. The highest BCUT2D eigenvalue weighted by molar-refractivity contribution is 7.90. The van der Waals surface area contributed by atoms with Crippen LogP contribution < -0.4 is 9.47 Å². The van der Waals surface area contributed by atoms with E-state index in [2.05, 4.69) is 9.97 Å². The third-order valence-electron chi connectivity index (χ3n) is 4.09. The molecule has 0 aliphatic rings. The fraction of sp³-hybridized carbons (Fsp3) is 0.316. The minimum atomic E-state index is -1.65. The first-order chi connectivity index (χ1) is 14.5. The number of imidazole rings is 1. The second kappa shape index (κ2) is 9.88. The molecule has 0 aliphatic heterocycles. The zero-order chi connectivity index (χ0) is 21.7. The van der Waals surface area contributed by atoms with Gasteiger partial charge in [-0.05, 0) is 25.1 Å². The van der Waals surface area contributed by atoms with Gasteiger partial charge in [-0.15, -0.1) is 0 Å². The number of benzene rings is 1. The van der Waals surface area contributed by atoms with E-state index in [-0.39, 0.29) is 24.2 Å². The molecule has 2 aromatic heterocycles. The molecule has 1 atom stereocenters. The van der Waals surface area contributed by atoms with Crippen LogP contribution in [0.25, 0.3) is 11.0 Å². The molecule has 0 fully saturated rings. The summed E-state index contributed by atoms with van der Waals surface area (Å²) in [5, 5.41) is 0.676. The van der Waals surface area contributed by atoms with Gasteiger partial charge in [0.05, 0.1) is 31.9 Å². The summed E-state index contributed by atoms with van der Waals surface area (Å²) in [6.07, 6.45) is 0.710. The normalized spacial score (nSPS) is 11.9. The number of pyridine rings is 1. The number of methoxy groups -OCH3 is 2. The largest absolute Gasteiger partial charge is 0.609 e. The van der Waals surface area contributed by atoms with Crippen LogP contribution in [0.3, 0.4) is 0 Å². The van der Waals surface area contributed by atoms with E-state index in [4.69, 9.17) is 30.5 Å². The molecule has 3 rings (SSSR count). The van der Waals surface area contributed by atoms with Gasteiger partial charge in [-0.3, -0.25) is 4.98 Å². The number of halogens is 1. The number of carbonyl (C=O) groups is 1. The molecule has 160 valence electrons. The van der Waals surface area contributed by atoms with E-state index in [9.17, 15) is 9.35 Å². The molecule has 0 saturated carbocycles. The van der Waals surface area contributed by atoms with Crippen molar-refractivity contribution in [1.29, 1.82) is 0 Å². The molecule has 1 unspecified atom stereocenters. The third kappa shape index (κ3) is 4.72.